The Bertz CT molecular complexity index is 618. The lowest BCUT2D eigenvalue weighted by atomic mass is 10.1. The molecule has 0 aromatic heterocycles. The molecule has 7 heteroatoms. The van der Waals surface area contributed by atoms with E-state index < -0.39 is 10.0 Å². The molecule has 1 heterocycles. The molecular formula is C16H26N4O2S. The van der Waals surface area contributed by atoms with Gasteiger partial charge < -0.3 is 10.6 Å². The van der Waals surface area contributed by atoms with E-state index in [1.807, 2.05) is 24.3 Å². The molecule has 1 aromatic rings. The molecular weight excluding hydrogens is 312 g/mol. The van der Waals surface area contributed by atoms with Crippen molar-refractivity contribution < 1.29 is 8.42 Å². The van der Waals surface area contributed by atoms with E-state index in [1.54, 1.807) is 0 Å². The van der Waals surface area contributed by atoms with Gasteiger partial charge in [-0.15, -0.1) is 0 Å². The number of hydrogen-bond donors (Lipinski definition) is 2. The number of guanidine groups is 1. The molecule has 1 aliphatic heterocycles. The number of nitrogens with two attached hydrogens (primary N) is 1. The Kier molecular flexibility index (Phi) is 6.41. The molecule has 0 spiro atoms. The lowest BCUT2D eigenvalue weighted by Crippen LogP contribution is -2.38. The highest BCUT2D eigenvalue weighted by Crippen LogP contribution is 2.11. The van der Waals surface area contributed by atoms with Crippen molar-refractivity contribution in [2.45, 2.75) is 38.0 Å². The van der Waals surface area contributed by atoms with Crippen molar-refractivity contribution in [1.29, 1.82) is 0 Å². The first-order valence-corrected chi connectivity index (χ1v) is 9.69. The summed E-state index contributed by atoms with van der Waals surface area (Å²) in [6, 6.07) is 7.45. The third kappa shape index (κ3) is 5.84. The average molecular weight is 338 g/mol. The number of rotatable bonds is 5. The largest absolute Gasteiger partial charge is 0.370 e. The topological polar surface area (TPSA) is 87.8 Å². The molecule has 0 atom stereocenters. The summed E-state index contributed by atoms with van der Waals surface area (Å²) in [5.41, 5.74) is 7.86. The number of nitrogens with zero attached hydrogens (tertiary/aromatic N) is 2. The Labute approximate surface area is 138 Å². The normalized spacial score (nSPS) is 17.1. The van der Waals surface area contributed by atoms with Crippen molar-refractivity contribution in [1.82, 2.24) is 9.62 Å². The van der Waals surface area contributed by atoms with Crippen LogP contribution in [0.5, 0.6) is 0 Å². The van der Waals surface area contributed by atoms with Gasteiger partial charge in [-0.05, 0) is 31.0 Å². The van der Waals surface area contributed by atoms with Crippen LogP contribution >= 0.6 is 0 Å². The third-order valence-corrected chi connectivity index (χ3v) is 5.38. The van der Waals surface area contributed by atoms with Crippen LogP contribution in [0.25, 0.3) is 0 Å². The van der Waals surface area contributed by atoms with E-state index in [0.29, 0.717) is 12.5 Å². The summed E-state index contributed by atoms with van der Waals surface area (Å²) in [6.45, 7) is 2.48. The minimum absolute atomic E-state index is 0.0109. The van der Waals surface area contributed by atoms with Crippen LogP contribution in [0.4, 0.5) is 0 Å². The Hall–Kier alpha value is -1.60. The number of aliphatic imine (C=N–C) groups is 1. The molecule has 0 saturated carbocycles. The zero-order valence-electron chi connectivity index (χ0n) is 13.7. The van der Waals surface area contributed by atoms with E-state index in [9.17, 15) is 8.42 Å². The highest BCUT2D eigenvalue weighted by molar-refractivity contribution is 7.88. The van der Waals surface area contributed by atoms with Crippen LogP contribution in [0.2, 0.25) is 0 Å². The number of likely N-dealkylation sites (tertiary alicyclic amines) is 1. The minimum Gasteiger partial charge on any atom is -0.370 e. The molecule has 1 aliphatic rings. The van der Waals surface area contributed by atoms with Crippen LogP contribution in [-0.4, -0.2) is 39.4 Å². The molecule has 1 saturated heterocycles. The monoisotopic (exact) mass is 338 g/mol. The molecule has 1 aromatic carbocycles. The molecule has 0 unspecified atom stereocenters. The first-order valence-electron chi connectivity index (χ1n) is 8.04. The average Bonchev–Trinajstić information content (AvgIpc) is 2.83. The summed E-state index contributed by atoms with van der Waals surface area (Å²) in [6.07, 6.45) is 4.87. The van der Waals surface area contributed by atoms with Crippen LogP contribution in [-0.2, 0) is 22.3 Å². The lowest BCUT2D eigenvalue weighted by molar-refractivity contribution is 0.428. The molecule has 0 bridgehead atoms. The molecule has 3 N–H and O–H groups in total. The fourth-order valence-electron chi connectivity index (χ4n) is 2.60. The maximum absolute atomic E-state index is 11.5. The van der Waals surface area contributed by atoms with Crippen LogP contribution in [0.3, 0.4) is 0 Å². The Morgan fingerprint density at radius 3 is 2.26 bits per heavy atom. The van der Waals surface area contributed by atoms with Crippen molar-refractivity contribution >= 4 is 16.0 Å². The van der Waals surface area contributed by atoms with Gasteiger partial charge >= 0.3 is 0 Å². The summed E-state index contributed by atoms with van der Waals surface area (Å²) in [5, 5.41) is 0. The van der Waals surface area contributed by atoms with Gasteiger partial charge in [0.2, 0.25) is 10.0 Å². The van der Waals surface area contributed by atoms with E-state index in [4.69, 9.17) is 5.73 Å². The summed E-state index contributed by atoms with van der Waals surface area (Å²) in [4.78, 5) is 6.62. The van der Waals surface area contributed by atoms with Gasteiger partial charge in [-0.2, -0.15) is 0 Å². The third-order valence-electron chi connectivity index (χ3n) is 4.04. The van der Waals surface area contributed by atoms with Gasteiger partial charge in [-0.3, -0.25) is 0 Å². The molecule has 1 fully saturated rings. The summed E-state index contributed by atoms with van der Waals surface area (Å²) < 4.78 is 25.3. The van der Waals surface area contributed by atoms with Gasteiger partial charge in [-0.1, -0.05) is 37.1 Å². The number of sulfonamides is 1. The van der Waals surface area contributed by atoms with Gasteiger partial charge in [0.1, 0.15) is 0 Å². The Morgan fingerprint density at radius 1 is 1.13 bits per heavy atom. The van der Waals surface area contributed by atoms with Crippen molar-refractivity contribution in [3.8, 4) is 0 Å². The van der Waals surface area contributed by atoms with Gasteiger partial charge in [0.15, 0.2) is 5.96 Å². The van der Waals surface area contributed by atoms with E-state index >= 15 is 0 Å². The standard InChI is InChI=1S/C16H26N4O2S/c1-18-23(21,22)13-15-8-6-14(7-9-15)12-19-16(17)20-10-4-2-3-5-11-20/h6-9,18H,2-5,10-13H2,1H3,(H2,17,19). The van der Waals surface area contributed by atoms with Crippen molar-refractivity contribution in [2.24, 2.45) is 10.7 Å². The van der Waals surface area contributed by atoms with Gasteiger partial charge in [0, 0.05) is 13.1 Å². The maximum Gasteiger partial charge on any atom is 0.215 e. The van der Waals surface area contributed by atoms with Crippen molar-refractivity contribution in [3.63, 3.8) is 0 Å². The summed E-state index contributed by atoms with van der Waals surface area (Å²) in [5.74, 6) is 0.594. The van der Waals surface area contributed by atoms with Gasteiger partial charge in [0.25, 0.3) is 0 Å². The first kappa shape index (κ1) is 17.7. The van der Waals surface area contributed by atoms with E-state index in [2.05, 4.69) is 14.6 Å². The molecule has 2 rings (SSSR count). The smallest absolute Gasteiger partial charge is 0.215 e. The van der Waals surface area contributed by atoms with Crippen LogP contribution in [0, 0.1) is 0 Å². The molecule has 0 radical (unpaired) electrons. The predicted octanol–water partition coefficient (Wildman–Crippen LogP) is 1.43. The molecule has 0 amide bonds. The quantitative estimate of drug-likeness (QED) is 0.628. The fourth-order valence-corrected chi connectivity index (χ4v) is 3.38. The Morgan fingerprint density at radius 2 is 1.70 bits per heavy atom. The van der Waals surface area contributed by atoms with Crippen molar-refractivity contribution in [3.05, 3.63) is 35.4 Å². The lowest BCUT2D eigenvalue weighted by Gasteiger charge is -2.21. The number of benzene rings is 1. The van der Waals surface area contributed by atoms with E-state index in [-0.39, 0.29) is 5.75 Å². The van der Waals surface area contributed by atoms with Crippen LogP contribution in [0.15, 0.2) is 29.3 Å². The first-order chi connectivity index (χ1) is 11.0. The molecule has 0 aliphatic carbocycles. The SMILES string of the molecule is CNS(=O)(=O)Cc1ccc(CN=C(N)N2CCCCCC2)cc1. The summed E-state index contributed by atoms with van der Waals surface area (Å²) in [7, 11) is -1.81. The second-order valence-electron chi connectivity index (χ2n) is 5.86. The zero-order chi connectivity index (χ0) is 16.7. The van der Waals surface area contributed by atoms with Gasteiger partial charge in [0.05, 0.1) is 12.3 Å². The highest BCUT2D eigenvalue weighted by Gasteiger charge is 2.11. The van der Waals surface area contributed by atoms with Crippen molar-refractivity contribution in [2.75, 3.05) is 20.1 Å². The minimum atomic E-state index is -3.23. The number of hydrogen-bond acceptors (Lipinski definition) is 3. The second-order valence-corrected chi connectivity index (χ2v) is 7.78. The highest BCUT2D eigenvalue weighted by atomic mass is 32.2. The maximum atomic E-state index is 11.5. The molecule has 6 nitrogen and oxygen atoms in total. The van der Waals surface area contributed by atoms with Crippen LogP contribution < -0.4 is 10.5 Å². The fraction of sp³-hybridized carbons (Fsp3) is 0.562. The Balaban J connectivity index is 1.93. The van der Waals surface area contributed by atoms with E-state index in [1.165, 1.54) is 32.7 Å². The van der Waals surface area contributed by atoms with Crippen LogP contribution in [0.1, 0.15) is 36.8 Å². The zero-order valence-corrected chi connectivity index (χ0v) is 14.5. The van der Waals surface area contributed by atoms with Gasteiger partial charge in [-0.25, -0.2) is 18.1 Å². The second kappa shape index (κ2) is 8.31. The molecule has 128 valence electrons. The number of nitrogens with one attached hydrogen (secondary N) is 1. The summed E-state index contributed by atoms with van der Waals surface area (Å²) >= 11 is 0. The van der Waals surface area contributed by atoms with E-state index in [0.717, 1.165) is 24.2 Å². The predicted molar refractivity (Wildman–Crippen MR) is 93.5 cm³/mol. The molecule has 23 heavy (non-hydrogen) atoms.